The summed E-state index contributed by atoms with van der Waals surface area (Å²) in [6.07, 6.45) is 2.46. The van der Waals surface area contributed by atoms with Crippen LogP contribution in [0, 0.1) is 6.92 Å². The van der Waals surface area contributed by atoms with Gasteiger partial charge in [-0.3, -0.25) is 0 Å². The first-order chi connectivity index (χ1) is 13.1. The van der Waals surface area contributed by atoms with Crippen LogP contribution in [0.2, 0.25) is 0 Å². The standard InChI is InChI=1S/C19H27N3O5.HI/c1-4-20-19(21-8-6-9-25-13-15-7-5-10-26-15)22-12-16-11-17(14(2)27-16)18(23)24-3;/h5,7,10-11H,4,6,8-9,12-13H2,1-3H3,(H2,20,21,22);1H. The predicted octanol–water partition coefficient (Wildman–Crippen LogP) is 3.25. The summed E-state index contributed by atoms with van der Waals surface area (Å²) in [5.41, 5.74) is 0.425. The third-order valence-electron chi connectivity index (χ3n) is 3.69. The number of guanidine groups is 1. The summed E-state index contributed by atoms with van der Waals surface area (Å²) >= 11 is 0. The molecular weight excluding hydrogens is 477 g/mol. The molecule has 0 saturated heterocycles. The Bertz CT molecular complexity index is 728. The number of hydrogen-bond donors (Lipinski definition) is 2. The zero-order chi connectivity index (χ0) is 19.5. The molecule has 0 spiro atoms. The highest BCUT2D eigenvalue weighted by molar-refractivity contribution is 14.0. The first kappa shape index (κ1) is 24.0. The summed E-state index contributed by atoms with van der Waals surface area (Å²) < 4.78 is 21.0. The number of methoxy groups -OCH3 is 1. The monoisotopic (exact) mass is 505 g/mol. The van der Waals surface area contributed by atoms with Crippen LogP contribution in [-0.2, 0) is 22.6 Å². The van der Waals surface area contributed by atoms with Crippen molar-refractivity contribution >= 4 is 35.9 Å². The van der Waals surface area contributed by atoms with Crippen molar-refractivity contribution in [3.05, 3.63) is 47.3 Å². The van der Waals surface area contributed by atoms with Crippen molar-refractivity contribution in [1.29, 1.82) is 0 Å². The van der Waals surface area contributed by atoms with Crippen LogP contribution in [0.1, 0.15) is 41.0 Å². The van der Waals surface area contributed by atoms with E-state index in [1.165, 1.54) is 7.11 Å². The largest absolute Gasteiger partial charge is 0.467 e. The van der Waals surface area contributed by atoms with Gasteiger partial charge in [0.25, 0.3) is 0 Å². The third-order valence-corrected chi connectivity index (χ3v) is 3.69. The maximum Gasteiger partial charge on any atom is 0.341 e. The van der Waals surface area contributed by atoms with Crippen LogP contribution in [0.25, 0.3) is 0 Å². The third kappa shape index (κ3) is 7.93. The molecular formula is C19H28IN3O5. The molecule has 2 N–H and O–H groups in total. The Morgan fingerprint density at radius 1 is 1.29 bits per heavy atom. The molecule has 0 aliphatic rings. The van der Waals surface area contributed by atoms with Crippen molar-refractivity contribution in [2.45, 2.75) is 33.4 Å². The molecule has 0 bridgehead atoms. The Balaban J connectivity index is 0.00000392. The average Bonchev–Trinajstić information content (AvgIpc) is 3.31. The fourth-order valence-electron chi connectivity index (χ4n) is 2.38. The number of nitrogens with one attached hydrogen (secondary N) is 2. The van der Waals surface area contributed by atoms with Crippen molar-refractivity contribution in [3.63, 3.8) is 0 Å². The second kappa shape index (κ2) is 13.2. The molecule has 0 atom stereocenters. The second-order valence-electron chi connectivity index (χ2n) is 5.78. The van der Waals surface area contributed by atoms with Crippen molar-refractivity contribution in [3.8, 4) is 0 Å². The Kier molecular flexibility index (Phi) is 11.3. The molecule has 8 nitrogen and oxygen atoms in total. The molecule has 0 aliphatic heterocycles. The van der Waals surface area contributed by atoms with Crippen molar-refractivity contribution in [1.82, 2.24) is 10.6 Å². The molecule has 0 amide bonds. The van der Waals surface area contributed by atoms with Gasteiger partial charge >= 0.3 is 5.97 Å². The zero-order valence-corrected chi connectivity index (χ0v) is 18.8. The van der Waals surface area contributed by atoms with Gasteiger partial charge in [0.05, 0.1) is 13.4 Å². The average molecular weight is 505 g/mol. The van der Waals surface area contributed by atoms with Gasteiger partial charge in [0.1, 0.15) is 36.0 Å². The number of ether oxygens (including phenoxy) is 2. The number of aryl methyl sites for hydroxylation is 1. The van der Waals surface area contributed by atoms with E-state index in [1.807, 2.05) is 19.1 Å². The predicted molar refractivity (Wildman–Crippen MR) is 116 cm³/mol. The summed E-state index contributed by atoms with van der Waals surface area (Å²) in [6.45, 7) is 6.60. The number of aliphatic imine (C=N–C) groups is 1. The normalized spacial score (nSPS) is 11.0. The number of hydrogen-bond acceptors (Lipinski definition) is 6. The van der Waals surface area contributed by atoms with Gasteiger partial charge in [0.15, 0.2) is 5.96 Å². The number of carbonyl (C=O) groups excluding carboxylic acids is 1. The van der Waals surface area contributed by atoms with Gasteiger partial charge in [-0.15, -0.1) is 24.0 Å². The number of halogens is 1. The quantitative estimate of drug-likeness (QED) is 0.168. The van der Waals surface area contributed by atoms with Gasteiger partial charge in [0.2, 0.25) is 0 Å². The smallest absolute Gasteiger partial charge is 0.341 e. The van der Waals surface area contributed by atoms with E-state index in [9.17, 15) is 4.79 Å². The summed E-state index contributed by atoms with van der Waals surface area (Å²) in [6, 6.07) is 5.39. The van der Waals surface area contributed by atoms with Crippen LogP contribution in [0.5, 0.6) is 0 Å². The van der Waals surface area contributed by atoms with Crippen LogP contribution in [0.15, 0.2) is 38.3 Å². The number of furan rings is 2. The lowest BCUT2D eigenvalue weighted by molar-refractivity contribution is 0.0599. The molecule has 2 rings (SSSR count). The van der Waals surface area contributed by atoms with E-state index < -0.39 is 5.97 Å². The molecule has 0 saturated carbocycles. The Morgan fingerprint density at radius 2 is 2.11 bits per heavy atom. The molecule has 2 heterocycles. The van der Waals surface area contributed by atoms with Crippen LogP contribution >= 0.6 is 24.0 Å². The topological polar surface area (TPSA) is 98.2 Å². The van der Waals surface area contributed by atoms with Gasteiger partial charge in [-0.1, -0.05) is 0 Å². The molecule has 0 unspecified atom stereocenters. The second-order valence-corrected chi connectivity index (χ2v) is 5.78. The number of rotatable bonds is 10. The highest BCUT2D eigenvalue weighted by Gasteiger charge is 2.15. The lowest BCUT2D eigenvalue weighted by Gasteiger charge is -2.10. The highest BCUT2D eigenvalue weighted by Crippen LogP contribution is 2.16. The fraction of sp³-hybridized carbons (Fsp3) is 0.474. The zero-order valence-electron chi connectivity index (χ0n) is 16.4. The SMILES string of the molecule is CCNC(=NCc1cc(C(=O)OC)c(C)o1)NCCCOCc1ccco1.I. The Labute approximate surface area is 182 Å². The van der Waals surface area contributed by atoms with Crippen LogP contribution in [-0.4, -0.2) is 38.7 Å². The first-order valence-corrected chi connectivity index (χ1v) is 8.94. The van der Waals surface area contributed by atoms with Crippen molar-refractivity contribution in [2.75, 3.05) is 26.8 Å². The summed E-state index contributed by atoms with van der Waals surface area (Å²) in [5, 5.41) is 6.41. The minimum Gasteiger partial charge on any atom is -0.467 e. The first-order valence-electron chi connectivity index (χ1n) is 8.94. The van der Waals surface area contributed by atoms with Crippen molar-refractivity contribution < 1.29 is 23.1 Å². The molecule has 9 heteroatoms. The summed E-state index contributed by atoms with van der Waals surface area (Å²) in [4.78, 5) is 16.1. The lowest BCUT2D eigenvalue weighted by Crippen LogP contribution is -2.38. The molecule has 0 aliphatic carbocycles. The van der Waals surface area contributed by atoms with Gasteiger partial charge in [-0.2, -0.15) is 0 Å². The van der Waals surface area contributed by atoms with Crippen molar-refractivity contribution in [2.24, 2.45) is 4.99 Å². The van der Waals surface area contributed by atoms with E-state index in [1.54, 1.807) is 19.3 Å². The minimum atomic E-state index is -0.411. The van der Waals surface area contributed by atoms with Gasteiger partial charge < -0.3 is 28.9 Å². The van der Waals surface area contributed by atoms with E-state index in [4.69, 9.17) is 18.3 Å². The molecule has 0 fully saturated rings. The van der Waals surface area contributed by atoms with Crippen LogP contribution in [0.3, 0.4) is 0 Å². The maximum absolute atomic E-state index is 11.6. The van der Waals surface area contributed by atoms with Gasteiger partial charge in [-0.25, -0.2) is 9.79 Å². The van der Waals surface area contributed by atoms with Crippen LogP contribution < -0.4 is 10.6 Å². The molecule has 0 aromatic carbocycles. The van der Waals surface area contributed by atoms with E-state index in [0.29, 0.717) is 49.3 Å². The fourth-order valence-corrected chi connectivity index (χ4v) is 2.38. The lowest BCUT2D eigenvalue weighted by atomic mass is 10.2. The number of esters is 1. The van der Waals surface area contributed by atoms with E-state index >= 15 is 0 Å². The van der Waals surface area contributed by atoms with E-state index in [-0.39, 0.29) is 24.0 Å². The van der Waals surface area contributed by atoms with Gasteiger partial charge in [0, 0.05) is 19.7 Å². The molecule has 2 aromatic rings. The van der Waals surface area contributed by atoms with E-state index in [0.717, 1.165) is 18.7 Å². The maximum atomic E-state index is 11.6. The molecule has 156 valence electrons. The van der Waals surface area contributed by atoms with Crippen LogP contribution in [0.4, 0.5) is 0 Å². The molecule has 2 aromatic heterocycles. The summed E-state index contributed by atoms with van der Waals surface area (Å²) in [7, 11) is 1.35. The Hall–Kier alpha value is -2.01. The minimum absolute atomic E-state index is 0. The number of nitrogens with zero attached hydrogens (tertiary/aromatic N) is 1. The Morgan fingerprint density at radius 3 is 2.79 bits per heavy atom. The van der Waals surface area contributed by atoms with Gasteiger partial charge in [-0.05, 0) is 38.5 Å². The number of carbonyl (C=O) groups is 1. The van der Waals surface area contributed by atoms with E-state index in [2.05, 4.69) is 15.6 Å². The summed E-state index contributed by atoms with van der Waals surface area (Å²) in [5.74, 6) is 2.21. The highest BCUT2D eigenvalue weighted by atomic mass is 127. The molecule has 28 heavy (non-hydrogen) atoms. The molecule has 0 radical (unpaired) electrons.